The van der Waals surface area contributed by atoms with E-state index in [0.717, 1.165) is 11.1 Å². The fourth-order valence-electron chi connectivity index (χ4n) is 2.81. The number of carbonyl (C=O) groups is 1. The van der Waals surface area contributed by atoms with E-state index in [0.29, 0.717) is 36.2 Å². The van der Waals surface area contributed by atoms with Gasteiger partial charge in [-0.1, -0.05) is 12.1 Å². The number of carbonyl (C=O) groups excluding carboxylic acids is 1. The van der Waals surface area contributed by atoms with E-state index in [1.165, 1.54) is 6.08 Å². The second-order valence-corrected chi connectivity index (χ2v) is 6.25. The molecular weight excluding hydrogens is 370 g/mol. The summed E-state index contributed by atoms with van der Waals surface area (Å²) in [6.07, 6.45) is 3.23. The molecule has 1 unspecified atom stereocenters. The lowest BCUT2D eigenvalue weighted by Crippen LogP contribution is -2.24. The van der Waals surface area contributed by atoms with E-state index < -0.39 is 0 Å². The molecule has 0 aromatic heterocycles. The molecule has 0 heterocycles. The van der Waals surface area contributed by atoms with Gasteiger partial charge in [-0.15, -0.1) is 0 Å². The summed E-state index contributed by atoms with van der Waals surface area (Å²) in [5.41, 5.74) is 1.77. The first kappa shape index (κ1) is 22.1. The number of hydrogen-bond donors (Lipinski definition) is 1. The molecule has 0 spiro atoms. The Kier molecular flexibility index (Phi) is 8.40. The number of rotatable bonds is 10. The molecule has 0 saturated carbocycles. The van der Waals surface area contributed by atoms with Crippen LogP contribution in [-0.4, -0.2) is 33.3 Å². The highest BCUT2D eigenvalue weighted by Crippen LogP contribution is 2.31. The molecule has 29 heavy (non-hydrogen) atoms. The Morgan fingerprint density at radius 2 is 1.59 bits per heavy atom. The Morgan fingerprint density at radius 3 is 2.24 bits per heavy atom. The first-order valence-corrected chi connectivity index (χ1v) is 9.62. The molecule has 1 atom stereocenters. The highest BCUT2D eigenvalue weighted by atomic mass is 16.5. The molecule has 2 aromatic carbocycles. The molecule has 0 aliphatic carbocycles. The van der Waals surface area contributed by atoms with Crippen molar-refractivity contribution in [2.75, 3.05) is 27.4 Å². The number of ether oxygens (including phenoxy) is 4. The normalized spacial score (nSPS) is 11.8. The standard InChI is InChI=1S/C23H29NO5/c1-6-28-20-12-10-18(15-22(20)29-7-2)16(3)24-23(25)13-9-17-8-11-19(26-4)21(14-17)27-5/h8-16H,6-7H2,1-5H3,(H,24,25). The molecule has 1 amide bonds. The average molecular weight is 399 g/mol. The molecule has 2 rings (SSSR count). The van der Waals surface area contributed by atoms with Gasteiger partial charge < -0.3 is 24.3 Å². The van der Waals surface area contributed by atoms with Gasteiger partial charge in [0, 0.05) is 6.08 Å². The van der Waals surface area contributed by atoms with Crippen LogP contribution in [0.2, 0.25) is 0 Å². The Labute approximate surface area is 172 Å². The van der Waals surface area contributed by atoms with Crippen molar-refractivity contribution >= 4 is 12.0 Å². The van der Waals surface area contributed by atoms with Crippen molar-refractivity contribution in [2.24, 2.45) is 0 Å². The molecule has 0 saturated heterocycles. The third-order valence-corrected chi connectivity index (χ3v) is 4.26. The predicted molar refractivity (Wildman–Crippen MR) is 114 cm³/mol. The number of hydrogen-bond acceptors (Lipinski definition) is 5. The van der Waals surface area contributed by atoms with E-state index in [1.807, 2.05) is 51.1 Å². The lowest BCUT2D eigenvalue weighted by Gasteiger charge is -2.17. The molecule has 6 heteroatoms. The summed E-state index contributed by atoms with van der Waals surface area (Å²) < 4.78 is 21.7. The number of nitrogens with one attached hydrogen (secondary N) is 1. The minimum atomic E-state index is -0.195. The van der Waals surface area contributed by atoms with Crippen LogP contribution in [0.3, 0.4) is 0 Å². The van der Waals surface area contributed by atoms with Crippen LogP contribution in [0.1, 0.15) is 37.9 Å². The first-order chi connectivity index (χ1) is 14.0. The van der Waals surface area contributed by atoms with Crippen molar-refractivity contribution in [1.29, 1.82) is 0 Å². The van der Waals surface area contributed by atoms with E-state index >= 15 is 0 Å². The van der Waals surface area contributed by atoms with Gasteiger partial charge in [0.25, 0.3) is 0 Å². The number of amides is 1. The van der Waals surface area contributed by atoms with E-state index in [9.17, 15) is 4.79 Å². The van der Waals surface area contributed by atoms with E-state index in [2.05, 4.69) is 5.32 Å². The van der Waals surface area contributed by atoms with Crippen LogP contribution < -0.4 is 24.3 Å². The van der Waals surface area contributed by atoms with E-state index in [4.69, 9.17) is 18.9 Å². The molecule has 0 bridgehead atoms. The lowest BCUT2D eigenvalue weighted by atomic mass is 10.1. The maximum absolute atomic E-state index is 12.3. The second kappa shape index (κ2) is 11.0. The van der Waals surface area contributed by atoms with Gasteiger partial charge in [-0.2, -0.15) is 0 Å². The monoisotopic (exact) mass is 399 g/mol. The molecule has 0 fully saturated rings. The van der Waals surface area contributed by atoms with Crippen molar-refractivity contribution in [3.8, 4) is 23.0 Å². The van der Waals surface area contributed by atoms with Gasteiger partial charge in [0.2, 0.25) is 5.91 Å². The smallest absolute Gasteiger partial charge is 0.244 e. The molecule has 0 aliphatic rings. The summed E-state index contributed by atoms with van der Waals surface area (Å²) in [4.78, 5) is 12.3. The van der Waals surface area contributed by atoms with Crippen LogP contribution in [0, 0.1) is 0 Å². The maximum atomic E-state index is 12.3. The van der Waals surface area contributed by atoms with Crippen molar-refractivity contribution in [3.63, 3.8) is 0 Å². The Bertz CT molecular complexity index is 847. The average Bonchev–Trinajstić information content (AvgIpc) is 2.73. The minimum absolute atomic E-state index is 0.188. The molecule has 0 aliphatic heterocycles. The SMILES string of the molecule is CCOc1ccc(C(C)NC(=O)C=Cc2ccc(OC)c(OC)c2)cc1OCC. The van der Waals surface area contributed by atoms with Gasteiger partial charge in [-0.25, -0.2) is 0 Å². The van der Waals surface area contributed by atoms with E-state index in [-0.39, 0.29) is 11.9 Å². The molecular formula is C23H29NO5. The van der Waals surface area contributed by atoms with Gasteiger partial charge in [-0.05, 0) is 62.2 Å². The van der Waals surface area contributed by atoms with Crippen molar-refractivity contribution in [2.45, 2.75) is 26.8 Å². The molecule has 156 valence electrons. The number of methoxy groups -OCH3 is 2. The van der Waals surface area contributed by atoms with Crippen LogP contribution in [0.5, 0.6) is 23.0 Å². The largest absolute Gasteiger partial charge is 0.493 e. The molecule has 2 aromatic rings. The Balaban J connectivity index is 2.06. The quantitative estimate of drug-likeness (QED) is 0.600. The minimum Gasteiger partial charge on any atom is -0.493 e. The van der Waals surface area contributed by atoms with Gasteiger partial charge in [0.05, 0.1) is 33.5 Å². The van der Waals surface area contributed by atoms with Crippen LogP contribution >= 0.6 is 0 Å². The van der Waals surface area contributed by atoms with E-state index in [1.54, 1.807) is 26.4 Å². The third-order valence-electron chi connectivity index (χ3n) is 4.26. The zero-order chi connectivity index (χ0) is 21.2. The summed E-state index contributed by atoms with van der Waals surface area (Å²) >= 11 is 0. The summed E-state index contributed by atoms with van der Waals surface area (Å²) in [6.45, 7) is 6.88. The zero-order valence-electron chi connectivity index (χ0n) is 17.7. The van der Waals surface area contributed by atoms with Gasteiger partial charge in [0.1, 0.15) is 0 Å². The van der Waals surface area contributed by atoms with Crippen molar-refractivity contribution in [1.82, 2.24) is 5.32 Å². The highest BCUT2D eigenvalue weighted by Gasteiger charge is 2.12. The fourth-order valence-corrected chi connectivity index (χ4v) is 2.81. The van der Waals surface area contributed by atoms with Gasteiger partial charge in [-0.3, -0.25) is 4.79 Å². The van der Waals surface area contributed by atoms with Crippen LogP contribution in [0.4, 0.5) is 0 Å². The first-order valence-electron chi connectivity index (χ1n) is 9.62. The maximum Gasteiger partial charge on any atom is 0.244 e. The predicted octanol–water partition coefficient (Wildman–Crippen LogP) is 4.39. The fraction of sp³-hybridized carbons (Fsp3) is 0.348. The lowest BCUT2D eigenvalue weighted by molar-refractivity contribution is -0.117. The summed E-state index contributed by atoms with van der Waals surface area (Å²) in [5, 5.41) is 2.96. The molecule has 1 N–H and O–H groups in total. The van der Waals surface area contributed by atoms with Crippen molar-refractivity contribution < 1.29 is 23.7 Å². The van der Waals surface area contributed by atoms with Crippen LogP contribution in [0.15, 0.2) is 42.5 Å². The zero-order valence-corrected chi connectivity index (χ0v) is 17.7. The van der Waals surface area contributed by atoms with Crippen LogP contribution in [-0.2, 0) is 4.79 Å². The van der Waals surface area contributed by atoms with Gasteiger partial charge in [0.15, 0.2) is 23.0 Å². The number of benzene rings is 2. The summed E-state index contributed by atoms with van der Waals surface area (Å²) in [5.74, 6) is 2.43. The topological polar surface area (TPSA) is 66.0 Å². The highest BCUT2D eigenvalue weighted by molar-refractivity contribution is 5.92. The van der Waals surface area contributed by atoms with Crippen molar-refractivity contribution in [3.05, 3.63) is 53.6 Å². The summed E-state index contributed by atoms with van der Waals surface area (Å²) in [6, 6.07) is 11.0. The summed E-state index contributed by atoms with van der Waals surface area (Å²) in [7, 11) is 3.16. The van der Waals surface area contributed by atoms with Crippen LogP contribution in [0.25, 0.3) is 6.08 Å². The Morgan fingerprint density at radius 1 is 0.931 bits per heavy atom. The third kappa shape index (κ3) is 6.17. The second-order valence-electron chi connectivity index (χ2n) is 6.25. The molecule has 6 nitrogen and oxygen atoms in total. The Hall–Kier alpha value is -3.15. The molecule has 0 radical (unpaired) electrons. The van der Waals surface area contributed by atoms with Gasteiger partial charge >= 0.3 is 0 Å².